The Hall–Kier alpha value is -1.44. The molecule has 0 saturated heterocycles. The van der Waals surface area contributed by atoms with Crippen molar-refractivity contribution in [2.24, 2.45) is 10.2 Å². The molecule has 0 radical (unpaired) electrons. The lowest BCUT2D eigenvalue weighted by atomic mass is 9.95. The Bertz CT molecular complexity index is 438. The highest BCUT2D eigenvalue weighted by Crippen LogP contribution is 2.17. The minimum atomic E-state index is 0.981. The van der Waals surface area contributed by atoms with E-state index < -0.39 is 0 Å². The number of hydrogen-bond donors (Lipinski definition) is 0. The van der Waals surface area contributed by atoms with E-state index >= 15 is 0 Å². The van der Waals surface area contributed by atoms with Crippen LogP contribution in [0.15, 0.2) is 28.4 Å². The second-order valence-corrected chi connectivity index (χ2v) is 4.38. The van der Waals surface area contributed by atoms with Crippen LogP contribution >= 0.6 is 0 Å². The summed E-state index contributed by atoms with van der Waals surface area (Å²) in [4.78, 5) is 0. The summed E-state index contributed by atoms with van der Waals surface area (Å²) in [6.07, 6.45) is 2.11. The Morgan fingerprint density at radius 1 is 1.00 bits per heavy atom. The van der Waals surface area contributed by atoms with E-state index in [-0.39, 0.29) is 0 Å². The third-order valence-electron chi connectivity index (χ3n) is 2.80. The molecular weight excluding hydrogens is 208 g/mol. The van der Waals surface area contributed by atoms with Gasteiger partial charge in [-0.2, -0.15) is 10.2 Å². The standard InChI is InChI=1S/C15H22N2/c1-6-13-9-8-10-15(14(13)7-2)12(5)17-16-11(3)4/h8-10H,6-7H2,1-5H3/b17-12+. The monoisotopic (exact) mass is 230 g/mol. The van der Waals surface area contributed by atoms with Crippen LogP contribution < -0.4 is 0 Å². The minimum Gasteiger partial charge on any atom is -0.160 e. The molecule has 0 bridgehead atoms. The maximum absolute atomic E-state index is 4.28. The fourth-order valence-corrected chi connectivity index (χ4v) is 1.95. The van der Waals surface area contributed by atoms with Gasteiger partial charge in [0.15, 0.2) is 0 Å². The number of nitrogens with zero attached hydrogens (tertiary/aromatic N) is 2. The van der Waals surface area contributed by atoms with Crippen molar-refractivity contribution in [3.05, 3.63) is 34.9 Å². The number of benzene rings is 1. The van der Waals surface area contributed by atoms with Crippen molar-refractivity contribution in [3.63, 3.8) is 0 Å². The molecule has 0 aliphatic carbocycles. The van der Waals surface area contributed by atoms with E-state index in [1.165, 1.54) is 16.7 Å². The molecular formula is C15H22N2. The molecule has 0 spiro atoms. The second-order valence-electron chi connectivity index (χ2n) is 4.38. The van der Waals surface area contributed by atoms with Crippen LogP contribution in [0.5, 0.6) is 0 Å². The minimum absolute atomic E-state index is 0.981. The van der Waals surface area contributed by atoms with Gasteiger partial charge in [-0.1, -0.05) is 32.0 Å². The predicted molar refractivity (Wildman–Crippen MR) is 76.2 cm³/mol. The third-order valence-corrected chi connectivity index (χ3v) is 2.80. The largest absolute Gasteiger partial charge is 0.160 e. The molecule has 0 amide bonds. The fourth-order valence-electron chi connectivity index (χ4n) is 1.95. The van der Waals surface area contributed by atoms with Gasteiger partial charge in [-0.05, 0) is 44.7 Å². The van der Waals surface area contributed by atoms with Crippen molar-refractivity contribution >= 4 is 11.4 Å². The molecule has 2 nitrogen and oxygen atoms in total. The first-order valence-corrected chi connectivity index (χ1v) is 6.26. The lowest BCUT2D eigenvalue weighted by Crippen LogP contribution is -2.03. The Balaban J connectivity index is 3.22. The van der Waals surface area contributed by atoms with Gasteiger partial charge in [0.2, 0.25) is 0 Å². The number of aryl methyl sites for hydroxylation is 1. The van der Waals surface area contributed by atoms with Crippen LogP contribution in [0.25, 0.3) is 0 Å². The highest BCUT2D eigenvalue weighted by Gasteiger charge is 2.07. The van der Waals surface area contributed by atoms with E-state index in [0.717, 1.165) is 24.3 Å². The Morgan fingerprint density at radius 2 is 1.71 bits per heavy atom. The Morgan fingerprint density at radius 3 is 2.24 bits per heavy atom. The number of hydrogen-bond acceptors (Lipinski definition) is 2. The zero-order valence-corrected chi connectivity index (χ0v) is 11.5. The van der Waals surface area contributed by atoms with E-state index in [1.807, 2.05) is 20.8 Å². The summed E-state index contributed by atoms with van der Waals surface area (Å²) < 4.78 is 0. The normalized spacial score (nSPS) is 11.5. The van der Waals surface area contributed by atoms with Crippen molar-refractivity contribution in [3.8, 4) is 0 Å². The molecule has 0 fully saturated rings. The molecule has 0 aliphatic rings. The second kappa shape index (κ2) is 6.33. The van der Waals surface area contributed by atoms with Crippen LogP contribution in [-0.4, -0.2) is 11.4 Å². The van der Waals surface area contributed by atoms with E-state index in [2.05, 4.69) is 42.2 Å². The van der Waals surface area contributed by atoms with Crippen LogP contribution in [0.3, 0.4) is 0 Å². The zero-order chi connectivity index (χ0) is 12.8. The van der Waals surface area contributed by atoms with Crippen LogP contribution in [0.1, 0.15) is 51.3 Å². The topological polar surface area (TPSA) is 24.7 Å². The summed E-state index contributed by atoms with van der Waals surface area (Å²) in [5.41, 5.74) is 6.03. The quantitative estimate of drug-likeness (QED) is 0.551. The molecule has 2 heteroatoms. The maximum Gasteiger partial charge on any atom is 0.0674 e. The molecule has 0 unspecified atom stereocenters. The maximum atomic E-state index is 4.28. The third kappa shape index (κ3) is 3.52. The summed E-state index contributed by atoms with van der Waals surface area (Å²) in [7, 11) is 0. The molecule has 0 saturated carbocycles. The van der Waals surface area contributed by atoms with Gasteiger partial charge in [0.25, 0.3) is 0 Å². The van der Waals surface area contributed by atoms with E-state index in [1.54, 1.807) is 0 Å². The van der Waals surface area contributed by atoms with Crippen molar-refractivity contribution in [2.75, 3.05) is 0 Å². The first-order valence-electron chi connectivity index (χ1n) is 6.26. The van der Waals surface area contributed by atoms with E-state index in [4.69, 9.17) is 0 Å². The van der Waals surface area contributed by atoms with Crippen LogP contribution in [0.2, 0.25) is 0 Å². The average Bonchev–Trinajstić information content (AvgIpc) is 2.34. The lowest BCUT2D eigenvalue weighted by Gasteiger charge is -2.11. The molecule has 1 aromatic carbocycles. The molecule has 1 aromatic rings. The van der Waals surface area contributed by atoms with Gasteiger partial charge in [-0.25, -0.2) is 0 Å². The average molecular weight is 230 g/mol. The van der Waals surface area contributed by atoms with E-state index in [0.29, 0.717) is 0 Å². The molecule has 0 aliphatic heterocycles. The van der Waals surface area contributed by atoms with Gasteiger partial charge in [-0.3, -0.25) is 0 Å². The lowest BCUT2D eigenvalue weighted by molar-refractivity contribution is 1.03. The SMILES string of the molecule is CCc1cccc(/C(C)=N/N=C(C)C)c1CC. The van der Waals surface area contributed by atoms with Gasteiger partial charge in [-0.15, -0.1) is 0 Å². The molecule has 1 rings (SSSR count). The summed E-state index contributed by atoms with van der Waals surface area (Å²) in [6.45, 7) is 10.3. The molecule has 17 heavy (non-hydrogen) atoms. The van der Waals surface area contributed by atoms with Gasteiger partial charge in [0, 0.05) is 11.3 Å². The molecule has 0 N–H and O–H groups in total. The fraction of sp³-hybridized carbons (Fsp3) is 0.467. The summed E-state index contributed by atoms with van der Waals surface area (Å²) in [5, 5.41) is 8.42. The van der Waals surface area contributed by atoms with Crippen LogP contribution in [0, 0.1) is 0 Å². The van der Waals surface area contributed by atoms with Crippen molar-refractivity contribution in [1.82, 2.24) is 0 Å². The first-order chi connectivity index (χ1) is 8.10. The predicted octanol–water partition coefficient (Wildman–Crippen LogP) is 4.02. The van der Waals surface area contributed by atoms with Gasteiger partial charge in [0.1, 0.15) is 0 Å². The van der Waals surface area contributed by atoms with Crippen LogP contribution in [-0.2, 0) is 12.8 Å². The molecule has 0 aromatic heterocycles. The molecule has 0 atom stereocenters. The highest BCUT2D eigenvalue weighted by atomic mass is 15.2. The Labute approximate surface area is 104 Å². The summed E-state index contributed by atoms with van der Waals surface area (Å²) in [5.74, 6) is 0. The molecule has 92 valence electrons. The van der Waals surface area contributed by atoms with Gasteiger partial charge >= 0.3 is 0 Å². The van der Waals surface area contributed by atoms with Gasteiger partial charge in [0.05, 0.1) is 5.71 Å². The van der Waals surface area contributed by atoms with E-state index in [9.17, 15) is 0 Å². The number of rotatable bonds is 4. The molecule has 0 heterocycles. The zero-order valence-electron chi connectivity index (χ0n) is 11.5. The smallest absolute Gasteiger partial charge is 0.0674 e. The summed E-state index contributed by atoms with van der Waals surface area (Å²) in [6, 6.07) is 6.44. The van der Waals surface area contributed by atoms with Crippen molar-refractivity contribution in [2.45, 2.75) is 47.5 Å². The van der Waals surface area contributed by atoms with Crippen LogP contribution in [0.4, 0.5) is 0 Å². The first kappa shape index (κ1) is 13.6. The Kier molecular flexibility index (Phi) is 5.08. The van der Waals surface area contributed by atoms with Gasteiger partial charge < -0.3 is 0 Å². The van der Waals surface area contributed by atoms with Crippen molar-refractivity contribution < 1.29 is 0 Å². The summed E-state index contributed by atoms with van der Waals surface area (Å²) >= 11 is 0. The van der Waals surface area contributed by atoms with Crippen molar-refractivity contribution in [1.29, 1.82) is 0 Å². The highest BCUT2D eigenvalue weighted by molar-refractivity contribution is 6.00.